The zero-order chi connectivity index (χ0) is 13.3. The number of primary amides is 1. The lowest BCUT2D eigenvalue weighted by Crippen LogP contribution is -2.43. The Bertz CT molecular complexity index is 553. The van der Waals surface area contributed by atoms with Crippen LogP contribution in [0.15, 0.2) is 29.2 Å². The Morgan fingerprint density at radius 3 is 2.44 bits per heavy atom. The highest BCUT2D eigenvalue weighted by molar-refractivity contribution is 7.89. The standard InChI is InChI=1S/C11H15N3O3S/c12-8-3-5-9(6-4-8)18(16,17)14-7-1-2-10(14)11(13)15/h3-6,10H,1-2,7,12H2,(H2,13,15). The second-order valence-electron chi connectivity index (χ2n) is 4.25. The highest BCUT2D eigenvalue weighted by atomic mass is 32.2. The summed E-state index contributed by atoms with van der Waals surface area (Å²) in [5.41, 5.74) is 11.2. The normalized spacial score (nSPS) is 21.0. The summed E-state index contributed by atoms with van der Waals surface area (Å²) in [6.45, 7) is 0.320. The van der Waals surface area contributed by atoms with Gasteiger partial charge in [-0.15, -0.1) is 0 Å². The number of amides is 1. The quantitative estimate of drug-likeness (QED) is 0.747. The fraction of sp³-hybridized carbons (Fsp3) is 0.364. The van der Waals surface area contributed by atoms with Crippen LogP contribution in [-0.4, -0.2) is 31.2 Å². The molecule has 0 bridgehead atoms. The van der Waals surface area contributed by atoms with Gasteiger partial charge in [-0.3, -0.25) is 4.79 Å². The zero-order valence-electron chi connectivity index (χ0n) is 9.74. The predicted molar refractivity (Wildman–Crippen MR) is 67.0 cm³/mol. The van der Waals surface area contributed by atoms with Gasteiger partial charge in [-0.25, -0.2) is 8.42 Å². The molecular formula is C11H15N3O3S. The van der Waals surface area contributed by atoms with E-state index < -0.39 is 22.0 Å². The van der Waals surface area contributed by atoms with Gasteiger partial charge in [0.05, 0.1) is 4.90 Å². The van der Waals surface area contributed by atoms with E-state index in [1.54, 1.807) is 0 Å². The van der Waals surface area contributed by atoms with Crippen LogP contribution in [0.5, 0.6) is 0 Å². The van der Waals surface area contributed by atoms with Crippen molar-refractivity contribution in [3.63, 3.8) is 0 Å². The van der Waals surface area contributed by atoms with Crippen molar-refractivity contribution < 1.29 is 13.2 Å². The highest BCUT2D eigenvalue weighted by Gasteiger charge is 2.38. The molecule has 0 aromatic heterocycles. The molecule has 2 rings (SSSR count). The Morgan fingerprint density at radius 2 is 1.89 bits per heavy atom. The molecular weight excluding hydrogens is 254 g/mol. The summed E-state index contributed by atoms with van der Waals surface area (Å²) in [5.74, 6) is -0.605. The average molecular weight is 269 g/mol. The summed E-state index contributed by atoms with van der Waals surface area (Å²) < 4.78 is 25.8. The number of hydrogen-bond acceptors (Lipinski definition) is 4. The summed E-state index contributed by atoms with van der Waals surface area (Å²) in [6.07, 6.45) is 1.12. The maximum absolute atomic E-state index is 12.3. The molecule has 6 nitrogen and oxygen atoms in total. The van der Waals surface area contributed by atoms with Crippen molar-refractivity contribution >= 4 is 21.6 Å². The number of nitrogens with zero attached hydrogens (tertiary/aromatic N) is 1. The number of nitrogens with two attached hydrogens (primary N) is 2. The van der Waals surface area contributed by atoms with Gasteiger partial charge in [-0.05, 0) is 37.1 Å². The highest BCUT2D eigenvalue weighted by Crippen LogP contribution is 2.26. The first-order valence-corrected chi connectivity index (χ1v) is 7.03. The van der Waals surface area contributed by atoms with Gasteiger partial charge in [0.1, 0.15) is 6.04 Å². The SMILES string of the molecule is NC(=O)C1CCCN1S(=O)(=O)c1ccc(N)cc1. The number of sulfonamides is 1. The van der Waals surface area contributed by atoms with Crippen LogP contribution < -0.4 is 11.5 Å². The van der Waals surface area contributed by atoms with E-state index in [1.165, 1.54) is 28.6 Å². The number of carbonyl (C=O) groups is 1. The van der Waals surface area contributed by atoms with Gasteiger partial charge in [-0.1, -0.05) is 0 Å². The maximum atomic E-state index is 12.3. The fourth-order valence-corrected chi connectivity index (χ4v) is 3.75. The summed E-state index contributed by atoms with van der Waals surface area (Å²) in [6, 6.07) is 5.15. The van der Waals surface area contributed by atoms with Gasteiger partial charge < -0.3 is 11.5 Å². The molecule has 1 saturated heterocycles. The van der Waals surface area contributed by atoms with Crippen LogP contribution in [-0.2, 0) is 14.8 Å². The van der Waals surface area contributed by atoms with E-state index in [0.29, 0.717) is 25.1 Å². The third-order valence-electron chi connectivity index (χ3n) is 3.02. The Labute approximate surface area is 106 Å². The van der Waals surface area contributed by atoms with Gasteiger partial charge in [-0.2, -0.15) is 4.31 Å². The van der Waals surface area contributed by atoms with Gasteiger partial charge in [0.2, 0.25) is 15.9 Å². The van der Waals surface area contributed by atoms with Gasteiger partial charge in [0, 0.05) is 12.2 Å². The van der Waals surface area contributed by atoms with Crippen molar-refractivity contribution in [3.8, 4) is 0 Å². The van der Waals surface area contributed by atoms with Crippen LogP contribution >= 0.6 is 0 Å². The second-order valence-corrected chi connectivity index (χ2v) is 6.14. The van der Waals surface area contributed by atoms with Crippen molar-refractivity contribution in [2.24, 2.45) is 5.73 Å². The summed E-state index contributed by atoms with van der Waals surface area (Å²) in [5, 5.41) is 0. The largest absolute Gasteiger partial charge is 0.399 e. The second kappa shape index (κ2) is 4.58. The molecule has 1 aliphatic heterocycles. The lowest BCUT2D eigenvalue weighted by molar-refractivity contribution is -0.121. The molecule has 98 valence electrons. The number of anilines is 1. The molecule has 1 aromatic carbocycles. The molecule has 7 heteroatoms. The van der Waals surface area contributed by atoms with Crippen molar-refractivity contribution in [1.82, 2.24) is 4.31 Å². The Balaban J connectivity index is 2.36. The third-order valence-corrected chi connectivity index (χ3v) is 4.94. The molecule has 1 unspecified atom stereocenters. The molecule has 18 heavy (non-hydrogen) atoms. The predicted octanol–water partition coefficient (Wildman–Crippen LogP) is -0.0928. The van der Waals surface area contributed by atoms with E-state index in [4.69, 9.17) is 11.5 Å². The molecule has 1 atom stereocenters. The number of rotatable bonds is 3. The molecule has 1 heterocycles. The molecule has 1 aliphatic rings. The average Bonchev–Trinajstić information content (AvgIpc) is 2.79. The lowest BCUT2D eigenvalue weighted by atomic mass is 10.2. The monoisotopic (exact) mass is 269 g/mol. The fourth-order valence-electron chi connectivity index (χ4n) is 2.09. The number of nitrogen functional groups attached to an aromatic ring is 1. The summed E-state index contributed by atoms with van der Waals surface area (Å²) in [4.78, 5) is 11.4. The summed E-state index contributed by atoms with van der Waals surface area (Å²) in [7, 11) is -3.67. The van der Waals surface area contributed by atoms with E-state index >= 15 is 0 Å². The minimum absolute atomic E-state index is 0.129. The number of carbonyl (C=O) groups excluding carboxylic acids is 1. The maximum Gasteiger partial charge on any atom is 0.243 e. The van der Waals surface area contributed by atoms with E-state index in [2.05, 4.69) is 0 Å². The van der Waals surface area contributed by atoms with Crippen LogP contribution in [0.4, 0.5) is 5.69 Å². The molecule has 1 amide bonds. The summed E-state index contributed by atoms with van der Waals surface area (Å²) >= 11 is 0. The first-order chi connectivity index (χ1) is 8.43. The zero-order valence-corrected chi connectivity index (χ0v) is 10.6. The first-order valence-electron chi connectivity index (χ1n) is 5.59. The van der Waals surface area contributed by atoms with Gasteiger partial charge in [0.15, 0.2) is 0 Å². The van der Waals surface area contributed by atoms with Gasteiger partial charge in [0.25, 0.3) is 0 Å². The Morgan fingerprint density at radius 1 is 1.28 bits per heavy atom. The van der Waals surface area contributed by atoms with Crippen LogP contribution in [0.3, 0.4) is 0 Å². The smallest absolute Gasteiger partial charge is 0.243 e. The van der Waals surface area contributed by atoms with E-state index in [9.17, 15) is 13.2 Å². The van der Waals surface area contributed by atoms with Crippen LogP contribution in [0.2, 0.25) is 0 Å². The minimum atomic E-state index is -3.67. The van der Waals surface area contributed by atoms with E-state index in [1.807, 2.05) is 0 Å². The first kappa shape index (κ1) is 12.8. The molecule has 1 fully saturated rings. The third kappa shape index (κ3) is 2.19. The number of benzene rings is 1. The van der Waals surface area contributed by atoms with Crippen LogP contribution in [0, 0.1) is 0 Å². The lowest BCUT2D eigenvalue weighted by Gasteiger charge is -2.21. The number of hydrogen-bond donors (Lipinski definition) is 2. The van der Waals surface area contributed by atoms with Crippen molar-refractivity contribution in [1.29, 1.82) is 0 Å². The molecule has 1 aromatic rings. The molecule has 4 N–H and O–H groups in total. The van der Waals surface area contributed by atoms with Crippen molar-refractivity contribution in [2.45, 2.75) is 23.8 Å². The molecule has 0 spiro atoms. The van der Waals surface area contributed by atoms with Crippen LogP contribution in [0.1, 0.15) is 12.8 Å². The Kier molecular flexibility index (Phi) is 3.27. The van der Waals surface area contributed by atoms with E-state index in [0.717, 1.165) is 0 Å². The topological polar surface area (TPSA) is 106 Å². The minimum Gasteiger partial charge on any atom is -0.399 e. The molecule has 0 radical (unpaired) electrons. The van der Waals surface area contributed by atoms with Crippen molar-refractivity contribution in [3.05, 3.63) is 24.3 Å². The Hall–Kier alpha value is -1.60. The van der Waals surface area contributed by atoms with Crippen molar-refractivity contribution in [2.75, 3.05) is 12.3 Å². The molecule has 0 saturated carbocycles. The van der Waals surface area contributed by atoms with Crippen LogP contribution in [0.25, 0.3) is 0 Å². The van der Waals surface area contributed by atoms with E-state index in [-0.39, 0.29) is 4.90 Å². The van der Waals surface area contributed by atoms with Gasteiger partial charge >= 0.3 is 0 Å². The molecule has 0 aliphatic carbocycles.